The molecule has 0 saturated carbocycles. The second-order valence-electron chi connectivity index (χ2n) is 5.96. The molecule has 4 rings (SSSR count). The van der Waals surface area contributed by atoms with E-state index in [0.717, 1.165) is 24.1 Å². The molecule has 2 heterocycles. The second-order valence-corrected chi connectivity index (χ2v) is 7.65. The zero-order chi connectivity index (χ0) is 16.2. The van der Waals surface area contributed by atoms with Crippen LogP contribution < -0.4 is 4.74 Å². The zero-order valence-electron chi connectivity index (χ0n) is 12.1. The molecule has 0 N–H and O–H groups in total. The highest BCUT2D eigenvalue weighted by Gasteiger charge is 2.53. The quantitative estimate of drug-likeness (QED) is 0.549. The molecule has 2 aromatic carbocycles. The minimum atomic E-state index is -0.566. The van der Waals surface area contributed by atoms with Gasteiger partial charge in [-0.1, -0.05) is 54.7 Å². The molecule has 2 aliphatic heterocycles. The van der Waals surface area contributed by atoms with Crippen LogP contribution in [0.4, 0.5) is 4.39 Å². The van der Waals surface area contributed by atoms with Crippen LogP contribution in [0.15, 0.2) is 40.9 Å². The lowest BCUT2D eigenvalue weighted by Gasteiger charge is -2.47. The Kier molecular flexibility index (Phi) is 3.88. The monoisotopic (exact) mass is 413 g/mol. The van der Waals surface area contributed by atoms with Crippen LogP contribution in [0.3, 0.4) is 0 Å². The largest absolute Gasteiger partial charge is 0.480 e. The Morgan fingerprint density at radius 2 is 2.09 bits per heavy atom. The first-order valence-corrected chi connectivity index (χ1v) is 8.96. The van der Waals surface area contributed by atoms with Crippen LogP contribution in [0.25, 0.3) is 0 Å². The van der Waals surface area contributed by atoms with E-state index in [4.69, 9.17) is 16.3 Å². The predicted molar refractivity (Wildman–Crippen MR) is 95.7 cm³/mol. The van der Waals surface area contributed by atoms with Gasteiger partial charge in [0.25, 0.3) is 0 Å². The van der Waals surface area contributed by atoms with Crippen molar-refractivity contribution in [2.75, 3.05) is 6.54 Å². The Labute approximate surface area is 153 Å². The topological polar surface area (TPSA) is 12.5 Å². The van der Waals surface area contributed by atoms with Crippen LogP contribution in [-0.4, -0.2) is 16.9 Å². The first kappa shape index (κ1) is 15.8. The molecule has 2 atom stereocenters. The molecule has 2 unspecified atom stereocenters. The molecule has 2 aliphatic rings. The van der Waals surface area contributed by atoms with Gasteiger partial charge in [-0.3, -0.25) is 0 Å². The van der Waals surface area contributed by atoms with E-state index < -0.39 is 11.4 Å². The van der Waals surface area contributed by atoms with E-state index in [2.05, 4.69) is 40.9 Å². The van der Waals surface area contributed by atoms with Crippen molar-refractivity contribution in [2.45, 2.75) is 24.5 Å². The minimum absolute atomic E-state index is 0.104. The Morgan fingerprint density at radius 1 is 1.35 bits per heavy atom. The van der Waals surface area contributed by atoms with E-state index in [0.29, 0.717) is 16.6 Å². The number of thiol groups is 1. The maximum Gasteiger partial charge on any atom is 0.154 e. The minimum Gasteiger partial charge on any atom is -0.480 e. The lowest BCUT2D eigenvalue weighted by atomic mass is 9.78. The summed E-state index contributed by atoms with van der Waals surface area (Å²) < 4.78 is 22.9. The average molecular weight is 415 g/mol. The number of ether oxygens (including phenoxy) is 1. The molecule has 23 heavy (non-hydrogen) atoms. The van der Waals surface area contributed by atoms with Crippen LogP contribution in [0, 0.1) is 5.82 Å². The van der Waals surface area contributed by atoms with Gasteiger partial charge in [0.2, 0.25) is 0 Å². The van der Waals surface area contributed by atoms with E-state index >= 15 is 0 Å². The molecule has 2 aromatic rings. The molecule has 0 bridgehead atoms. The van der Waals surface area contributed by atoms with E-state index in [1.807, 2.05) is 22.5 Å². The summed E-state index contributed by atoms with van der Waals surface area (Å²) in [5, 5.41) is 0.104. The lowest BCUT2D eigenvalue weighted by molar-refractivity contribution is -0.0219. The van der Waals surface area contributed by atoms with Gasteiger partial charge in [-0.25, -0.2) is 8.70 Å². The average Bonchev–Trinajstić information content (AvgIpc) is 2.92. The summed E-state index contributed by atoms with van der Waals surface area (Å²) >= 11 is 14.0. The Hall–Kier alpha value is -0.750. The maximum atomic E-state index is 14.0. The fraction of sp³-hybridized carbons (Fsp3) is 0.294. The van der Waals surface area contributed by atoms with Gasteiger partial charge in [-0.15, -0.1) is 0 Å². The van der Waals surface area contributed by atoms with Crippen molar-refractivity contribution in [1.29, 1.82) is 0 Å². The van der Waals surface area contributed by atoms with E-state index in [1.54, 1.807) is 0 Å². The molecule has 1 saturated heterocycles. The highest BCUT2D eigenvalue weighted by atomic mass is 79.9. The van der Waals surface area contributed by atoms with Crippen LogP contribution in [0.1, 0.15) is 17.5 Å². The second kappa shape index (κ2) is 5.66. The molecule has 0 aromatic heterocycles. The van der Waals surface area contributed by atoms with Crippen LogP contribution in [0.5, 0.6) is 5.75 Å². The molecule has 0 spiro atoms. The zero-order valence-corrected chi connectivity index (χ0v) is 15.3. The number of halogens is 3. The van der Waals surface area contributed by atoms with E-state index in [1.165, 1.54) is 6.07 Å². The van der Waals surface area contributed by atoms with E-state index in [-0.39, 0.29) is 11.1 Å². The molecule has 0 radical (unpaired) electrons. The SMILES string of the molecule is Fc1cc2c(c(Br)c1Cl)CC(c1ccccc1)(C1CCN1S)O2. The maximum absolute atomic E-state index is 14.0. The molecule has 6 heteroatoms. The lowest BCUT2D eigenvalue weighted by Crippen LogP contribution is -2.57. The van der Waals surface area contributed by atoms with Crippen molar-refractivity contribution in [1.82, 2.24) is 4.31 Å². The number of hydrogen-bond acceptors (Lipinski definition) is 3. The van der Waals surface area contributed by atoms with Crippen molar-refractivity contribution in [2.24, 2.45) is 0 Å². The predicted octanol–water partition coefficient (Wildman–Crippen LogP) is 4.99. The number of fused-ring (bicyclic) bond motifs is 1. The highest BCUT2D eigenvalue weighted by molar-refractivity contribution is 9.10. The molecule has 0 amide bonds. The summed E-state index contributed by atoms with van der Waals surface area (Å²) in [5.41, 5.74) is 1.42. The van der Waals surface area contributed by atoms with Gasteiger partial charge in [0.15, 0.2) is 5.60 Å². The number of rotatable bonds is 2. The summed E-state index contributed by atoms with van der Waals surface area (Å²) in [4.78, 5) is 0. The summed E-state index contributed by atoms with van der Waals surface area (Å²) in [6.45, 7) is 0.915. The highest BCUT2D eigenvalue weighted by Crippen LogP contribution is 2.52. The third kappa shape index (κ3) is 2.32. The number of benzene rings is 2. The van der Waals surface area contributed by atoms with E-state index in [9.17, 15) is 4.39 Å². The standard InChI is InChI=1S/C17H14BrClFNOS/c18-15-11-9-17(14-6-7-21(14)23,10-4-2-1-3-5-10)22-13(11)8-12(20)16(15)19/h1-5,8,14,23H,6-7,9H2. The van der Waals surface area contributed by atoms with Gasteiger partial charge in [-0.2, -0.15) is 0 Å². The summed E-state index contributed by atoms with van der Waals surface area (Å²) in [6, 6.07) is 11.6. The van der Waals surface area contributed by atoms with Gasteiger partial charge in [0.05, 0.1) is 11.1 Å². The Morgan fingerprint density at radius 3 is 2.70 bits per heavy atom. The number of nitrogens with zero attached hydrogens (tertiary/aromatic N) is 1. The normalized spacial score (nSPS) is 26.5. The van der Waals surface area contributed by atoms with Crippen LogP contribution >= 0.6 is 40.3 Å². The van der Waals surface area contributed by atoms with Crippen molar-refractivity contribution in [3.63, 3.8) is 0 Å². The molecule has 2 nitrogen and oxygen atoms in total. The fourth-order valence-corrected chi connectivity index (χ4v) is 4.58. The van der Waals surface area contributed by atoms with Crippen molar-refractivity contribution in [3.05, 3.63) is 62.8 Å². The molecular weight excluding hydrogens is 401 g/mol. The molecular formula is C17H14BrClFNOS. The third-order valence-electron chi connectivity index (χ3n) is 4.75. The summed E-state index contributed by atoms with van der Waals surface area (Å²) in [5.74, 6) is 0.0775. The van der Waals surface area contributed by atoms with Gasteiger partial charge in [0, 0.05) is 29.1 Å². The third-order valence-corrected chi connectivity index (χ3v) is 6.70. The van der Waals surface area contributed by atoms with Crippen LogP contribution in [-0.2, 0) is 12.0 Å². The smallest absolute Gasteiger partial charge is 0.154 e. The van der Waals surface area contributed by atoms with Crippen molar-refractivity contribution < 1.29 is 9.13 Å². The van der Waals surface area contributed by atoms with Crippen molar-refractivity contribution >= 4 is 40.3 Å². The van der Waals surface area contributed by atoms with Gasteiger partial charge in [0.1, 0.15) is 11.6 Å². The van der Waals surface area contributed by atoms with Gasteiger partial charge < -0.3 is 4.74 Å². The number of hydrogen-bond donors (Lipinski definition) is 1. The van der Waals surface area contributed by atoms with Gasteiger partial charge in [-0.05, 0) is 27.9 Å². The van der Waals surface area contributed by atoms with Gasteiger partial charge >= 0.3 is 0 Å². The first-order valence-electron chi connectivity index (χ1n) is 7.39. The first-order chi connectivity index (χ1) is 11.0. The summed E-state index contributed by atoms with van der Waals surface area (Å²) in [6.07, 6.45) is 1.62. The Balaban J connectivity index is 1.85. The molecule has 120 valence electrons. The molecule has 0 aliphatic carbocycles. The Bertz CT molecular complexity index is 775. The summed E-state index contributed by atoms with van der Waals surface area (Å²) in [7, 11) is 0. The molecule has 1 fully saturated rings. The fourth-order valence-electron chi connectivity index (χ4n) is 3.47. The van der Waals surface area contributed by atoms with Crippen LogP contribution in [0.2, 0.25) is 5.02 Å². The van der Waals surface area contributed by atoms with Crippen molar-refractivity contribution in [3.8, 4) is 5.75 Å².